The molecule has 0 saturated carbocycles. The van der Waals surface area contributed by atoms with E-state index in [0.717, 1.165) is 0 Å². The lowest BCUT2D eigenvalue weighted by atomic mass is 10.2. The highest BCUT2D eigenvalue weighted by molar-refractivity contribution is 7.98. The lowest BCUT2D eigenvalue weighted by Gasteiger charge is -2.18. The molecule has 2 rings (SSSR count). The number of carbonyl (C=O) groups is 3. The SMILES string of the molecule is CSCC[C@@H](NC(=O)c1ccco1)C(=O)NNC(=O)c1ccc(Cl)cc1. The molecular weight excluding hydrogens is 378 g/mol. The summed E-state index contributed by atoms with van der Waals surface area (Å²) in [5, 5.41) is 3.10. The number of furan rings is 1. The van der Waals surface area contributed by atoms with Crippen molar-refractivity contribution in [1.82, 2.24) is 16.2 Å². The van der Waals surface area contributed by atoms with Crippen LogP contribution >= 0.6 is 23.4 Å². The first kappa shape index (κ1) is 19.9. The molecule has 0 saturated heterocycles. The number of benzene rings is 1. The van der Waals surface area contributed by atoms with Crippen molar-refractivity contribution in [3.8, 4) is 0 Å². The van der Waals surface area contributed by atoms with Crippen LogP contribution < -0.4 is 16.2 Å². The van der Waals surface area contributed by atoms with Gasteiger partial charge in [-0.05, 0) is 54.8 Å². The van der Waals surface area contributed by atoms with Gasteiger partial charge >= 0.3 is 0 Å². The van der Waals surface area contributed by atoms with Crippen molar-refractivity contribution in [2.45, 2.75) is 12.5 Å². The topological polar surface area (TPSA) is 100 Å². The normalized spacial score (nSPS) is 11.5. The summed E-state index contributed by atoms with van der Waals surface area (Å²) in [6.45, 7) is 0. The minimum atomic E-state index is -0.814. The second-order valence-electron chi connectivity index (χ2n) is 5.24. The van der Waals surface area contributed by atoms with E-state index in [9.17, 15) is 14.4 Å². The molecule has 0 spiro atoms. The monoisotopic (exact) mass is 395 g/mol. The fourth-order valence-corrected chi connectivity index (χ4v) is 2.62. The smallest absolute Gasteiger partial charge is 0.287 e. The number of nitrogens with one attached hydrogen (secondary N) is 3. The molecule has 1 aromatic heterocycles. The van der Waals surface area contributed by atoms with Gasteiger partial charge in [-0.15, -0.1) is 0 Å². The molecule has 7 nitrogen and oxygen atoms in total. The fraction of sp³-hybridized carbons (Fsp3) is 0.235. The molecule has 3 amide bonds. The molecule has 0 bridgehead atoms. The fourth-order valence-electron chi connectivity index (χ4n) is 2.02. The third-order valence-electron chi connectivity index (χ3n) is 3.38. The van der Waals surface area contributed by atoms with E-state index in [0.29, 0.717) is 22.8 Å². The van der Waals surface area contributed by atoms with E-state index in [1.54, 1.807) is 18.2 Å². The Kier molecular flexibility index (Phi) is 7.55. The van der Waals surface area contributed by atoms with Gasteiger partial charge in [0.25, 0.3) is 17.7 Å². The van der Waals surface area contributed by atoms with Gasteiger partial charge in [0.15, 0.2) is 5.76 Å². The lowest BCUT2D eigenvalue weighted by Crippen LogP contribution is -2.52. The Balaban J connectivity index is 1.93. The molecule has 0 aliphatic heterocycles. The predicted octanol–water partition coefficient (Wildman–Crippen LogP) is 2.25. The van der Waals surface area contributed by atoms with Gasteiger partial charge in [-0.1, -0.05) is 11.6 Å². The van der Waals surface area contributed by atoms with Crippen molar-refractivity contribution in [3.63, 3.8) is 0 Å². The standard InChI is InChI=1S/C17H18ClN3O4S/c1-26-10-8-13(19-17(24)14-3-2-9-25-14)16(23)21-20-15(22)11-4-6-12(18)7-5-11/h2-7,9,13H,8,10H2,1H3,(H,19,24)(H,20,22)(H,21,23)/t13-/m1/s1. The number of hydrazine groups is 1. The second kappa shape index (κ2) is 9.88. The van der Waals surface area contributed by atoms with Gasteiger partial charge < -0.3 is 9.73 Å². The number of hydrogen-bond donors (Lipinski definition) is 3. The Morgan fingerprint density at radius 2 is 1.85 bits per heavy atom. The van der Waals surface area contributed by atoms with Gasteiger partial charge in [0, 0.05) is 10.6 Å². The number of hydrogen-bond acceptors (Lipinski definition) is 5. The van der Waals surface area contributed by atoms with Crippen molar-refractivity contribution in [1.29, 1.82) is 0 Å². The van der Waals surface area contributed by atoms with E-state index in [1.165, 1.54) is 36.2 Å². The van der Waals surface area contributed by atoms with Crippen LogP contribution in [0.2, 0.25) is 5.02 Å². The summed E-state index contributed by atoms with van der Waals surface area (Å²) in [6.07, 6.45) is 3.67. The number of amides is 3. The summed E-state index contributed by atoms with van der Waals surface area (Å²) < 4.78 is 5.02. The molecule has 1 heterocycles. The first-order chi connectivity index (χ1) is 12.5. The zero-order valence-electron chi connectivity index (χ0n) is 14.0. The van der Waals surface area contributed by atoms with Crippen LogP contribution in [0.15, 0.2) is 47.1 Å². The van der Waals surface area contributed by atoms with Crippen LogP contribution in [0.5, 0.6) is 0 Å². The number of rotatable bonds is 7. The maximum Gasteiger partial charge on any atom is 0.287 e. The molecule has 1 aromatic carbocycles. The molecule has 0 fully saturated rings. The van der Waals surface area contributed by atoms with Crippen molar-refractivity contribution in [2.75, 3.05) is 12.0 Å². The maximum absolute atomic E-state index is 12.3. The molecule has 9 heteroatoms. The van der Waals surface area contributed by atoms with E-state index in [4.69, 9.17) is 16.0 Å². The summed E-state index contributed by atoms with van der Waals surface area (Å²) in [7, 11) is 0. The van der Waals surface area contributed by atoms with E-state index < -0.39 is 23.8 Å². The Morgan fingerprint density at radius 1 is 1.12 bits per heavy atom. The van der Waals surface area contributed by atoms with Crippen LogP contribution in [0.1, 0.15) is 27.3 Å². The summed E-state index contributed by atoms with van der Waals surface area (Å²) >= 11 is 7.31. The highest BCUT2D eigenvalue weighted by Gasteiger charge is 2.22. The van der Waals surface area contributed by atoms with Gasteiger partial charge in [0.05, 0.1) is 6.26 Å². The molecule has 1 atom stereocenters. The van der Waals surface area contributed by atoms with Crippen LogP contribution in [0.25, 0.3) is 0 Å². The van der Waals surface area contributed by atoms with Crippen LogP contribution in [0.3, 0.4) is 0 Å². The molecule has 3 N–H and O–H groups in total. The Labute approximate surface area is 159 Å². The molecule has 138 valence electrons. The Hall–Kier alpha value is -2.45. The maximum atomic E-state index is 12.3. The number of carbonyl (C=O) groups excluding carboxylic acids is 3. The first-order valence-corrected chi connectivity index (χ1v) is 9.47. The van der Waals surface area contributed by atoms with Crippen LogP contribution in [0.4, 0.5) is 0 Å². The van der Waals surface area contributed by atoms with Gasteiger partial charge in [0.2, 0.25) is 0 Å². The minimum absolute atomic E-state index is 0.108. The minimum Gasteiger partial charge on any atom is -0.459 e. The highest BCUT2D eigenvalue weighted by atomic mass is 35.5. The average Bonchev–Trinajstić information content (AvgIpc) is 3.18. The number of halogens is 1. The van der Waals surface area contributed by atoms with E-state index in [-0.39, 0.29) is 5.76 Å². The van der Waals surface area contributed by atoms with Crippen molar-refractivity contribution in [3.05, 3.63) is 59.0 Å². The van der Waals surface area contributed by atoms with Crippen LogP contribution in [0, 0.1) is 0 Å². The third-order valence-corrected chi connectivity index (χ3v) is 4.28. The van der Waals surface area contributed by atoms with Gasteiger partial charge in [-0.3, -0.25) is 25.2 Å². The van der Waals surface area contributed by atoms with Crippen LogP contribution in [-0.4, -0.2) is 35.8 Å². The molecular formula is C17H18ClN3O4S. The highest BCUT2D eigenvalue weighted by Crippen LogP contribution is 2.09. The van der Waals surface area contributed by atoms with Crippen molar-refractivity contribution in [2.24, 2.45) is 0 Å². The van der Waals surface area contributed by atoms with Crippen molar-refractivity contribution >= 4 is 41.1 Å². The molecule has 26 heavy (non-hydrogen) atoms. The summed E-state index contributed by atoms with van der Waals surface area (Å²) in [5.74, 6) is -0.753. The average molecular weight is 396 g/mol. The molecule has 0 aliphatic carbocycles. The summed E-state index contributed by atoms with van der Waals surface area (Å²) in [6, 6.07) is 8.48. The van der Waals surface area contributed by atoms with Crippen molar-refractivity contribution < 1.29 is 18.8 Å². The molecule has 0 radical (unpaired) electrons. The zero-order chi connectivity index (χ0) is 18.9. The van der Waals surface area contributed by atoms with Crippen LogP contribution in [-0.2, 0) is 4.79 Å². The summed E-state index contributed by atoms with van der Waals surface area (Å²) in [5.41, 5.74) is 4.99. The second-order valence-corrected chi connectivity index (χ2v) is 6.66. The molecule has 0 aliphatic rings. The first-order valence-electron chi connectivity index (χ1n) is 7.70. The Morgan fingerprint density at radius 3 is 2.46 bits per heavy atom. The molecule has 2 aromatic rings. The summed E-state index contributed by atoms with van der Waals surface area (Å²) in [4.78, 5) is 36.5. The largest absolute Gasteiger partial charge is 0.459 e. The zero-order valence-corrected chi connectivity index (χ0v) is 15.5. The quantitative estimate of drug-likeness (QED) is 0.624. The van der Waals surface area contributed by atoms with E-state index in [2.05, 4.69) is 16.2 Å². The van der Waals surface area contributed by atoms with E-state index >= 15 is 0 Å². The molecule has 0 unspecified atom stereocenters. The van der Waals surface area contributed by atoms with Gasteiger partial charge in [-0.25, -0.2) is 0 Å². The van der Waals surface area contributed by atoms with Gasteiger partial charge in [0.1, 0.15) is 6.04 Å². The third kappa shape index (κ3) is 5.82. The lowest BCUT2D eigenvalue weighted by molar-refractivity contribution is -0.123. The van der Waals surface area contributed by atoms with Gasteiger partial charge in [-0.2, -0.15) is 11.8 Å². The van der Waals surface area contributed by atoms with E-state index in [1.807, 2.05) is 6.26 Å². The predicted molar refractivity (Wildman–Crippen MR) is 100 cm³/mol. The Bertz CT molecular complexity index is 750. The number of thioether (sulfide) groups is 1.